The number of hydrogen-bond acceptors (Lipinski definition) is 5. The van der Waals surface area contributed by atoms with Crippen LogP contribution in [0.25, 0.3) is 0 Å². The third-order valence-electron chi connectivity index (χ3n) is 4.59. The SMILES string of the molecule is CCC/C=C/C=C/C(O)=C1\C(=O)[C@H](C[C@@](O)(C(=O)O)C(C)C)N(C)C1=O. The number of rotatable bonds is 8. The Labute approximate surface area is 153 Å². The van der Waals surface area contributed by atoms with Crippen LogP contribution in [-0.2, 0) is 14.4 Å². The predicted octanol–water partition coefficient (Wildman–Crippen LogP) is 1.98. The molecule has 1 rings (SSSR count). The number of Topliss-reactive ketones (excluding diaryl/α,β-unsaturated/α-hetero) is 1. The number of carboxylic acids is 1. The van der Waals surface area contributed by atoms with E-state index in [-0.39, 0.29) is 0 Å². The largest absolute Gasteiger partial charge is 0.507 e. The van der Waals surface area contributed by atoms with Crippen LogP contribution in [0.3, 0.4) is 0 Å². The lowest BCUT2D eigenvalue weighted by Crippen LogP contribution is -2.49. The fourth-order valence-corrected chi connectivity index (χ4v) is 2.67. The number of hydrogen-bond donors (Lipinski definition) is 3. The van der Waals surface area contributed by atoms with Crippen molar-refractivity contribution in [3.63, 3.8) is 0 Å². The van der Waals surface area contributed by atoms with Crippen molar-refractivity contribution in [1.29, 1.82) is 0 Å². The lowest BCUT2D eigenvalue weighted by Gasteiger charge is -2.31. The zero-order chi connectivity index (χ0) is 20.1. The second-order valence-electron chi connectivity index (χ2n) is 6.72. The number of unbranched alkanes of at least 4 members (excludes halogenated alkanes) is 1. The van der Waals surface area contributed by atoms with Crippen molar-refractivity contribution in [2.24, 2.45) is 5.92 Å². The third kappa shape index (κ3) is 4.40. The molecule has 7 heteroatoms. The van der Waals surface area contributed by atoms with Crippen molar-refractivity contribution < 1.29 is 29.7 Å². The summed E-state index contributed by atoms with van der Waals surface area (Å²) in [7, 11) is 1.35. The Hall–Kier alpha value is -2.41. The molecule has 1 aliphatic rings. The molecule has 1 aliphatic heterocycles. The van der Waals surface area contributed by atoms with Gasteiger partial charge in [0.05, 0.1) is 6.04 Å². The van der Waals surface area contributed by atoms with Gasteiger partial charge in [0, 0.05) is 13.5 Å². The molecule has 0 unspecified atom stereocenters. The maximum atomic E-state index is 12.6. The average Bonchev–Trinajstić information content (AvgIpc) is 2.77. The van der Waals surface area contributed by atoms with E-state index in [9.17, 15) is 29.7 Å². The number of likely N-dealkylation sites (N-methyl/N-ethyl adjacent to an activating group) is 1. The molecule has 1 saturated heterocycles. The summed E-state index contributed by atoms with van der Waals surface area (Å²) in [5, 5.41) is 29.8. The maximum Gasteiger partial charge on any atom is 0.336 e. The summed E-state index contributed by atoms with van der Waals surface area (Å²) in [5.41, 5.74) is -2.55. The minimum Gasteiger partial charge on any atom is -0.507 e. The highest BCUT2D eigenvalue weighted by atomic mass is 16.4. The van der Waals surface area contributed by atoms with Crippen LogP contribution in [0, 0.1) is 5.92 Å². The molecule has 0 aromatic carbocycles. The van der Waals surface area contributed by atoms with Crippen LogP contribution in [0.15, 0.2) is 35.6 Å². The topological polar surface area (TPSA) is 115 Å². The van der Waals surface area contributed by atoms with Gasteiger partial charge >= 0.3 is 5.97 Å². The van der Waals surface area contributed by atoms with Crippen molar-refractivity contribution in [3.8, 4) is 0 Å². The summed E-state index contributed by atoms with van der Waals surface area (Å²) in [6.07, 6.45) is 7.76. The quantitative estimate of drug-likeness (QED) is 0.262. The van der Waals surface area contributed by atoms with E-state index in [1.807, 2.05) is 13.0 Å². The molecule has 1 fully saturated rings. The zero-order valence-corrected chi connectivity index (χ0v) is 15.6. The Morgan fingerprint density at radius 1 is 1.27 bits per heavy atom. The first kappa shape index (κ1) is 21.6. The number of nitrogens with zero attached hydrogens (tertiary/aromatic N) is 1. The van der Waals surface area contributed by atoms with Crippen molar-refractivity contribution in [1.82, 2.24) is 4.90 Å². The molecule has 0 bridgehead atoms. The molecule has 0 aromatic heterocycles. The van der Waals surface area contributed by atoms with Gasteiger partial charge in [-0.1, -0.05) is 45.4 Å². The Morgan fingerprint density at radius 2 is 1.88 bits per heavy atom. The molecule has 7 nitrogen and oxygen atoms in total. The number of ketones is 1. The summed E-state index contributed by atoms with van der Waals surface area (Å²) < 4.78 is 0. The first-order chi connectivity index (χ1) is 12.1. The van der Waals surface area contributed by atoms with E-state index in [2.05, 4.69) is 0 Å². The highest BCUT2D eigenvalue weighted by Crippen LogP contribution is 2.31. The Kier molecular flexibility index (Phi) is 7.32. The predicted molar refractivity (Wildman–Crippen MR) is 96.4 cm³/mol. The zero-order valence-electron chi connectivity index (χ0n) is 15.6. The van der Waals surface area contributed by atoms with Crippen LogP contribution in [0.2, 0.25) is 0 Å². The first-order valence-corrected chi connectivity index (χ1v) is 8.61. The molecule has 1 heterocycles. The second kappa shape index (κ2) is 8.80. The maximum absolute atomic E-state index is 12.6. The molecule has 3 N–H and O–H groups in total. The Morgan fingerprint density at radius 3 is 2.38 bits per heavy atom. The molecule has 2 atom stereocenters. The van der Waals surface area contributed by atoms with E-state index in [1.54, 1.807) is 6.08 Å². The summed E-state index contributed by atoms with van der Waals surface area (Å²) >= 11 is 0. The van der Waals surface area contributed by atoms with Crippen molar-refractivity contribution in [2.45, 2.75) is 51.7 Å². The fraction of sp³-hybridized carbons (Fsp3) is 0.526. The second-order valence-corrected chi connectivity index (χ2v) is 6.72. The highest BCUT2D eigenvalue weighted by molar-refractivity contribution is 6.27. The molecule has 0 aromatic rings. The van der Waals surface area contributed by atoms with E-state index < -0.39 is 53.0 Å². The molecular formula is C19H27NO6. The van der Waals surface area contributed by atoms with Gasteiger partial charge in [-0.05, 0) is 18.4 Å². The Balaban J connectivity index is 3.12. The number of amides is 1. The molecule has 0 saturated carbocycles. The van der Waals surface area contributed by atoms with Crippen LogP contribution < -0.4 is 0 Å². The van der Waals surface area contributed by atoms with Crippen molar-refractivity contribution in [2.75, 3.05) is 7.05 Å². The number of allylic oxidation sites excluding steroid dienone is 4. The van der Waals surface area contributed by atoms with Crippen molar-refractivity contribution in [3.05, 3.63) is 35.6 Å². The molecule has 0 radical (unpaired) electrons. The van der Waals surface area contributed by atoms with E-state index in [4.69, 9.17) is 0 Å². The van der Waals surface area contributed by atoms with E-state index in [0.717, 1.165) is 17.7 Å². The number of carbonyl (C=O) groups is 3. The minimum atomic E-state index is -2.15. The van der Waals surface area contributed by atoms with Crippen LogP contribution in [0.4, 0.5) is 0 Å². The van der Waals surface area contributed by atoms with Gasteiger partial charge in [-0.3, -0.25) is 9.59 Å². The van der Waals surface area contributed by atoms with E-state index in [0.29, 0.717) is 0 Å². The van der Waals surface area contributed by atoms with Gasteiger partial charge in [-0.15, -0.1) is 0 Å². The molecule has 144 valence electrons. The number of carbonyl (C=O) groups excluding carboxylic acids is 2. The van der Waals surface area contributed by atoms with Gasteiger partial charge < -0.3 is 20.2 Å². The summed E-state index contributed by atoms with van der Waals surface area (Å²) in [4.78, 5) is 37.4. The number of aliphatic hydroxyl groups excluding tert-OH is 1. The van der Waals surface area contributed by atoms with E-state index >= 15 is 0 Å². The lowest BCUT2D eigenvalue weighted by molar-refractivity contribution is -0.166. The standard InChI is InChI=1S/C19H27NO6/c1-5-6-7-8-9-10-14(21)15-16(22)13(20(4)17(15)23)11-19(26,12(2)3)18(24)25/h7-10,12-13,21,26H,5-6,11H2,1-4H3,(H,24,25)/b8-7+,10-9+,15-14-/t13-,19-/m0/s1. The van der Waals surface area contributed by atoms with Crippen LogP contribution >= 0.6 is 0 Å². The number of aliphatic hydroxyl groups is 2. The molecular weight excluding hydrogens is 338 g/mol. The number of carboxylic acid groups (broad SMARTS) is 1. The van der Waals surface area contributed by atoms with Gasteiger partial charge in [-0.2, -0.15) is 0 Å². The molecule has 1 amide bonds. The van der Waals surface area contributed by atoms with Gasteiger partial charge in [-0.25, -0.2) is 4.79 Å². The highest BCUT2D eigenvalue weighted by Gasteiger charge is 2.50. The van der Waals surface area contributed by atoms with Crippen LogP contribution in [-0.4, -0.2) is 56.6 Å². The third-order valence-corrected chi connectivity index (χ3v) is 4.59. The average molecular weight is 365 g/mol. The van der Waals surface area contributed by atoms with Crippen LogP contribution in [0.5, 0.6) is 0 Å². The lowest BCUT2D eigenvalue weighted by atomic mass is 9.83. The summed E-state index contributed by atoms with van der Waals surface area (Å²) in [5.74, 6) is -3.99. The molecule has 0 aliphatic carbocycles. The smallest absolute Gasteiger partial charge is 0.336 e. The van der Waals surface area contributed by atoms with Crippen molar-refractivity contribution >= 4 is 17.7 Å². The number of likely N-dealkylation sites (tertiary alicyclic amines) is 1. The van der Waals surface area contributed by atoms with Gasteiger partial charge in [0.2, 0.25) is 0 Å². The summed E-state index contributed by atoms with van der Waals surface area (Å²) in [6, 6.07) is -1.15. The normalized spacial score (nSPS) is 22.7. The number of aliphatic carboxylic acids is 1. The van der Waals surface area contributed by atoms with E-state index in [1.165, 1.54) is 33.0 Å². The first-order valence-electron chi connectivity index (χ1n) is 8.61. The Bertz CT molecular complexity index is 661. The monoisotopic (exact) mass is 365 g/mol. The van der Waals surface area contributed by atoms with Gasteiger partial charge in [0.15, 0.2) is 11.4 Å². The molecule has 26 heavy (non-hydrogen) atoms. The summed E-state index contributed by atoms with van der Waals surface area (Å²) in [6.45, 7) is 5.07. The van der Waals surface area contributed by atoms with Gasteiger partial charge in [0.25, 0.3) is 5.91 Å². The minimum absolute atomic E-state index is 0.394. The molecule has 0 spiro atoms. The van der Waals surface area contributed by atoms with Gasteiger partial charge in [0.1, 0.15) is 11.3 Å². The van der Waals surface area contributed by atoms with Crippen LogP contribution in [0.1, 0.15) is 40.0 Å². The fourth-order valence-electron chi connectivity index (χ4n) is 2.67.